The smallest absolute Gasteiger partial charge is 0.258 e. The SMILES string of the molecule is CCOc1ccc(CN(CCOC)Cc2cc(=O)n3cc(C)sc3n2)cc1. The van der Waals surface area contributed by atoms with Crippen molar-refractivity contribution >= 4 is 16.3 Å². The van der Waals surface area contributed by atoms with Gasteiger partial charge in [-0.3, -0.25) is 14.1 Å². The second kappa shape index (κ2) is 9.12. The summed E-state index contributed by atoms with van der Waals surface area (Å²) in [7, 11) is 1.69. The molecule has 0 amide bonds. The Labute approximate surface area is 163 Å². The third-order valence-electron chi connectivity index (χ3n) is 4.17. The van der Waals surface area contributed by atoms with Gasteiger partial charge in [-0.2, -0.15) is 0 Å². The van der Waals surface area contributed by atoms with Crippen molar-refractivity contribution in [2.75, 3.05) is 26.9 Å². The van der Waals surface area contributed by atoms with Crippen LogP contribution in [0.3, 0.4) is 0 Å². The monoisotopic (exact) mass is 387 g/mol. The number of aryl methyl sites for hydroxylation is 1. The molecule has 0 unspecified atom stereocenters. The first-order valence-corrected chi connectivity index (χ1v) is 9.82. The van der Waals surface area contributed by atoms with E-state index in [2.05, 4.69) is 22.0 Å². The molecule has 27 heavy (non-hydrogen) atoms. The van der Waals surface area contributed by atoms with Crippen LogP contribution in [0.2, 0.25) is 0 Å². The quantitative estimate of drug-likeness (QED) is 0.565. The Kier molecular flexibility index (Phi) is 6.60. The van der Waals surface area contributed by atoms with E-state index in [0.717, 1.165) is 34.4 Å². The van der Waals surface area contributed by atoms with E-state index >= 15 is 0 Å². The molecular weight excluding hydrogens is 362 g/mol. The summed E-state index contributed by atoms with van der Waals surface area (Å²) in [5.41, 5.74) is 1.93. The van der Waals surface area contributed by atoms with Gasteiger partial charge in [-0.1, -0.05) is 12.1 Å². The van der Waals surface area contributed by atoms with Crippen molar-refractivity contribution < 1.29 is 9.47 Å². The van der Waals surface area contributed by atoms with Crippen molar-refractivity contribution in [3.63, 3.8) is 0 Å². The van der Waals surface area contributed by atoms with Gasteiger partial charge < -0.3 is 9.47 Å². The number of nitrogens with zero attached hydrogens (tertiary/aromatic N) is 3. The summed E-state index contributed by atoms with van der Waals surface area (Å²) in [4.78, 5) is 21.0. The van der Waals surface area contributed by atoms with Crippen LogP contribution in [0.1, 0.15) is 23.1 Å². The molecule has 6 nitrogen and oxygen atoms in total. The largest absolute Gasteiger partial charge is 0.494 e. The van der Waals surface area contributed by atoms with Gasteiger partial charge in [-0.25, -0.2) is 4.98 Å². The zero-order chi connectivity index (χ0) is 19.2. The Morgan fingerprint density at radius 1 is 1.22 bits per heavy atom. The third kappa shape index (κ3) is 5.15. The van der Waals surface area contributed by atoms with Gasteiger partial charge in [0.15, 0.2) is 4.96 Å². The maximum absolute atomic E-state index is 12.3. The van der Waals surface area contributed by atoms with Crippen LogP contribution in [-0.4, -0.2) is 41.2 Å². The molecule has 0 spiro atoms. The number of methoxy groups -OCH3 is 1. The molecule has 0 radical (unpaired) electrons. The minimum absolute atomic E-state index is 0.0351. The van der Waals surface area contributed by atoms with E-state index in [-0.39, 0.29) is 5.56 Å². The van der Waals surface area contributed by atoms with E-state index < -0.39 is 0 Å². The summed E-state index contributed by atoms with van der Waals surface area (Å²) < 4.78 is 12.4. The molecule has 2 aromatic heterocycles. The first-order chi connectivity index (χ1) is 13.1. The minimum Gasteiger partial charge on any atom is -0.494 e. The third-order valence-corrected chi connectivity index (χ3v) is 5.07. The van der Waals surface area contributed by atoms with E-state index in [1.54, 1.807) is 17.6 Å². The first-order valence-electron chi connectivity index (χ1n) is 9.01. The van der Waals surface area contributed by atoms with E-state index in [1.165, 1.54) is 16.9 Å². The van der Waals surface area contributed by atoms with E-state index in [1.807, 2.05) is 32.2 Å². The molecule has 2 heterocycles. The summed E-state index contributed by atoms with van der Waals surface area (Å²) in [6.45, 7) is 7.34. The van der Waals surface area contributed by atoms with Gasteiger partial charge in [-0.05, 0) is 31.5 Å². The predicted octanol–water partition coefficient (Wildman–Crippen LogP) is 3.11. The molecule has 0 aliphatic rings. The minimum atomic E-state index is -0.0351. The lowest BCUT2D eigenvalue weighted by Crippen LogP contribution is -2.28. The fraction of sp³-hybridized carbons (Fsp3) is 0.400. The Morgan fingerprint density at radius 2 is 2.00 bits per heavy atom. The lowest BCUT2D eigenvalue weighted by atomic mass is 10.2. The van der Waals surface area contributed by atoms with Crippen LogP contribution in [0, 0.1) is 6.92 Å². The van der Waals surface area contributed by atoms with Crippen LogP contribution >= 0.6 is 11.3 Å². The van der Waals surface area contributed by atoms with Gasteiger partial charge in [0.05, 0.1) is 18.9 Å². The molecule has 144 valence electrons. The van der Waals surface area contributed by atoms with Gasteiger partial charge in [0, 0.05) is 43.9 Å². The lowest BCUT2D eigenvalue weighted by molar-refractivity contribution is 0.139. The van der Waals surface area contributed by atoms with Crippen molar-refractivity contribution in [1.29, 1.82) is 0 Å². The number of fused-ring (bicyclic) bond motifs is 1. The van der Waals surface area contributed by atoms with Crippen LogP contribution in [0.25, 0.3) is 4.96 Å². The van der Waals surface area contributed by atoms with Gasteiger partial charge in [0.2, 0.25) is 0 Å². The zero-order valence-electron chi connectivity index (χ0n) is 16.0. The molecule has 0 aliphatic heterocycles. The average Bonchev–Trinajstić information content (AvgIpc) is 3.02. The second-order valence-corrected chi connectivity index (χ2v) is 7.57. The zero-order valence-corrected chi connectivity index (χ0v) is 16.8. The number of hydrogen-bond acceptors (Lipinski definition) is 6. The number of benzene rings is 1. The highest BCUT2D eigenvalue weighted by Crippen LogP contribution is 2.16. The van der Waals surface area contributed by atoms with Crippen molar-refractivity contribution in [1.82, 2.24) is 14.3 Å². The van der Waals surface area contributed by atoms with E-state index in [0.29, 0.717) is 19.8 Å². The van der Waals surface area contributed by atoms with Gasteiger partial charge >= 0.3 is 0 Å². The molecule has 0 fully saturated rings. The summed E-state index contributed by atoms with van der Waals surface area (Å²) in [5.74, 6) is 0.873. The van der Waals surface area contributed by atoms with E-state index in [9.17, 15) is 4.79 Å². The number of rotatable bonds is 9. The lowest BCUT2D eigenvalue weighted by Gasteiger charge is -2.21. The molecule has 0 bridgehead atoms. The molecular formula is C20H25N3O3S. The Balaban J connectivity index is 1.77. The summed E-state index contributed by atoms with van der Waals surface area (Å²) >= 11 is 1.53. The highest BCUT2D eigenvalue weighted by Gasteiger charge is 2.11. The molecule has 3 rings (SSSR count). The van der Waals surface area contributed by atoms with Crippen LogP contribution in [-0.2, 0) is 17.8 Å². The standard InChI is InChI=1S/C20H25N3O3S/c1-4-26-18-7-5-16(6-8-18)13-22(9-10-25-3)14-17-11-19(24)23-12-15(2)27-20(23)21-17/h5-8,11-12H,4,9-10,13-14H2,1-3H3. The molecule has 7 heteroatoms. The molecule has 3 aromatic rings. The van der Waals surface area contributed by atoms with E-state index in [4.69, 9.17) is 9.47 Å². The van der Waals surface area contributed by atoms with Crippen molar-refractivity contribution in [2.24, 2.45) is 0 Å². The number of hydrogen-bond donors (Lipinski definition) is 0. The topological polar surface area (TPSA) is 56.1 Å². The Hall–Kier alpha value is -2.22. The Morgan fingerprint density at radius 3 is 2.70 bits per heavy atom. The summed E-state index contributed by atoms with van der Waals surface area (Å²) in [5, 5.41) is 0. The number of ether oxygens (including phenoxy) is 2. The molecule has 0 saturated carbocycles. The normalized spacial score (nSPS) is 11.4. The number of thiazole rings is 1. The summed E-state index contributed by atoms with van der Waals surface area (Å²) in [6, 6.07) is 9.73. The highest BCUT2D eigenvalue weighted by atomic mass is 32.1. The van der Waals surface area contributed by atoms with Gasteiger partial charge in [-0.15, -0.1) is 11.3 Å². The van der Waals surface area contributed by atoms with Crippen molar-refractivity contribution in [3.05, 3.63) is 63.0 Å². The molecule has 0 atom stereocenters. The average molecular weight is 388 g/mol. The van der Waals surface area contributed by atoms with Gasteiger partial charge in [0.1, 0.15) is 5.75 Å². The maximum atomic E-state index is 12.3. The molecule has 1 aromatic carbocycles. The van der Waals surface area contributed by atoms with Crippen molar-refractivity contribution in [3.8, 4) is 5.75 Å². The fourth-order valence-corrected chi connectivity index (χ4v) is 3.77. The molecule has 0 N–H and O–H groups in total. The molecule has 0 saturated heterocycles. The van der Waals surface area contributed by atoms with Crippen molar-refractivity contribution in [2.45, 2.75) is 26.9 Å². The maximum Gasteiger partial charge on any atom is 0.258 e. The number of aromatic nitrogens is 2. The van der Waals surface area contributed by atoms with Crippen LogP contribution in [0.5, 0.6) is 5.75 Å². The highest BCUT2D eigenvalue weighted by molar-refractivity contribution is 7.16. The van der Waals surface area contributed by atoms with Crippen LogP contribution in [0.4, 0.5) is 0 Å². The predicted molar refractivity (Wildman–Crippen MR) is 108 cm³/mol. The Bertz CT molecular complexity index is 934. The fourth-order valence-electron chi connectivity index (χ4n) is 2.92. The van der Waals surface area contributed by atoms with Crippen LogP contribution in [0.15, 0.2) is 41.3 Å². The second-order valence-electron chi connectivity index (χ2n) is 6.36. The van der Waals surface area contributed by atoms with Crippen LogP contribution < -0.4 is 10.3 Å². The summed E-state index contributed by atoms with van der Waals surface area (Å²) in [6.07, 6.45) is 1.84. The molecule has 0 aliphatic carbocycles. The van der Waals surface area contributed by atoms with Gasteiger partial charge in [0.25, 0.3) is 5.56 Å². The first kappa shape index (κ1) is 19.5.